The molecule has 1 atom stereocenters. The summed E-state index contributed by atoms with van der Waals surface area (Å²) in [4.78, 5) is 2.63. The van der Waals surface area contributed by atoms with Crippen molar-refractivity contribution in [2.75, 3.05) is 31.1 Å². The van der Waals surface area contributed by atoms with E-state index in [4.69, 9.17) is 0 Å². The molecule has 5 heteroatoms. The molecule has 3 rings (SSSR count). The van der Waals surface area contributed by atoms with E-state index in [0.717, 1.165) is 12.1 Å². The van der Waals surface area contributed by atoms with Gasteiger partial charge in [0.25, 0.3) is 0 Å². The number of anilines is 1. The molecule has 25 heavy (non-hydrogen) atoms. The van der Waals surface area contributed by atoms with E-state index >= 15 is 0 Å². The number of hydrogen-bond donors (Lipinski definition) is 0. The van der Waals surface area contributed by atoms with Crippen molar-refractivity contribution in [3.63, 3.8) is 0 Å². The summed E-state index contributed by atoms with van der Waals surface area (Å²) in [5, 5.41) is 0. The van der Waals surface area contributed by atoms with Crippen molar-refractivity contribution < 1.29 is 8.42 Å². The van der Waals surface area contributed by atoms with E-state index in [1.54, 1.807) is 16.4 Å². The Hall–Kier alpha value is -1.85. The number of nitrogens with zero attached hydrogens (tertiary/aromatic N) is 2. The molecule has 2 aromatic rings. The van der Waals surface area contributed by atoms with Crippen LogP contribution in [0.4, 0.5) is 5.69 Å². The lowest BCUT2D eigenvalue weighted by molar-refractivity contribution is 0.385. The predicted molar refractivity (Wildman–Crippen MR) is 103 cm³/mol. The van der Waals surface area contributed by atoms with Crippen molar-refractivity contribution >= 4 is 15.7 Å². The minimum atomic E-state index is -3.41. The van der Waals surface area contributed by atoms with Crippen LogP contribution < -0.4 is 4.90 Å². The van der Waals surface area contributed by atoms with E-state index in [9.17, 15) is 8.42 Å². The van der Waals surface area contributed by atoms with Crippen LogP contribution in [0, 0.1) is 0 Å². The van der Waals surface area contributed by atoms with Crippen LogP contribution in [0.3, 0.4) is 0 Å². The third kappa shape index (κ3) is 3.88. The Morgan fingerprint density at radius 3 is 2.08 bits per heavy atom. The van der Waals surface area contributed by atoms with Crippen LogP contribution in [0.25, 0.3) is 0 Å². The van der Waals surface area contributed by atoms with Crippen LogP contribution in [0.15, 0.2) is 59.5 Å². The standard InChI is InChI=1S/C20H26N2O2S/c1-3-17(2)18-9-11-20(12-10-18)25(23,24)22-15-13-21(14-16-22)19-7-5-4-6-8-19/h4-12,17H,3,13-16H2,1-2H3/t17-/m0/s1. The molecule has 2 aromatic carbocycles. The van der Waals surface area contributed by atoms with Gasteiger partial charge in [-0.15, -0.1) is 0 Å². The predicted octanol–water partition coefficient (Wildman–Crippen LogP) is 3.71. The van der Waals surface area contributed by atoms with Crippen LogP contribution in [0.5, 0.6) is 0 Å². The van der Waals surface area contributed by atoms with Gasteiger partial charge in [0, 0.05) is 31.9 Å². The summed E-state index contributed by atoms with van der Waals surface area (Å²) in [6.07, 6.45) is 1.05. The number of benzene rings is 2. The number of rotatable bonds is 5. The van der Waals surface area contributed by atoms with Crippen LogP contribution in [-0.4, -0.2) is 38.9 Å². The first-order valence-electron chi connectivity index (χ1n) is 8.92. The maximum Gasteiger partial charge on any atom is 0.243 e. The summed E-state index contributed by atoms with van der Waals surface area (Å²) >= 11 is 0. The maximum absolute atomic E-state index is 12.9. The molecule has 0 aliphatic carbocycles. The van der Waals surface area contributed by atoms with E-state index in [0.29, 0.717) is 37.0 Å². The minimum Gasteiger partial charge on any atom is -0.369 e. The van der Waals surface area contributed by atoms with E-state index < -0.39 is 10.0 Å². The normalized spacial score (nSPS) is 17.4. The molecule has 0 unspecified atom stereocenters. The van der Waals surface area contributed by atoms with Crippen molar-refractivity contribution in [3.05, 3.63) is 60.2 Å². The first-order chi connectivity index (χ1) is 12.0. The van der Waals surface area contributed by atoms with Crippen LogP contribution in [0.2, 0.25) is 0 Å². The Balaban J connectivity index is 1.69. The molecule has 1 fully saturated rings. The second-order valence-corrected chi connectivity index (χ2v) is 8.54. The highest BCUT2D eigenvalue weighted by Gasteiger charge is 2.28. The summed E-state index contributed by atoms with van der Waals surface area (Å²) in [6.45, 7) is 6.77. The second kappa shape index (κ2) is 7.58. The molecule has 1 heterocycles. The highest BCUT2D eigenvalue weighted by atomic mass is 32.2. The minimum absolute atomic E-state index is 0.396. The van der Waals surface area contributed by atoms with Gasteiger partial charge in [-0.2, -0.15) is 4.31 Å². The molecule has 1 aliphatic rings. The van der Waals surface area contributed by atoms with Gasteiger partial charge in [-0.25, -0.2) is 8.42 Å². The first-order valence-corrected chi connectivity index (χ1v) is 10.4. The monoisotopic (exact) mass is 358 g/mol. The van der Waals surface area contributed by atoms with Gasteiger partial charge in [0.05, 0.1) is 4.90 Å². The fourth-order valence-electron chi connectivity index (χ4n) is 3.18. The molecule has 0 radical (unpaired) electrons. The Bertz CT molecular complexity index is 780. The quantitative estimate of drug-likeness (QED) is 0.818. The molecule has 0 N–H and O–H groups in total. The fraction of sp³-hybridized carbons (Fsp3) is 0.400. The number of hydrogen-bond acceptors (Lipinski definition) is 3. The van der Waals surface area contributed by atoms with Crippen molar-refractivity contribution in [1.82, 2.24) is 4.31 Å². The van der Waals surface area contributed by atoms with Crippen LogP contribution in [-0.2, 0) is 10.0 Å². The second-order valence-electron chi connectivity index (χ2n) is 6.61. The average Bonchev–Trinajstić information content (AvgIpc) is 2.68. The molecule has 134 valence electrons. The van der Waals surface area contributed by atoms with Gasteiger partial charge < -0.3 is 4.90 Å². The third-order valence-electron chi connectivity index (χ3n) is 5.06. The van der Waals surface area contributed by atoms with E-state index in [1.165, 1.54) is 5.56 Å². The summed E-state index contributed by atoms with van der Waals surface area (Å²) in [6, 6.07) is 17.5. The topological polar surface area (TPSA) is 40.6 Å². The largest absolute Gasteiger partial charge is 0.369 e. The van der Waals surface area contributed by atoms with Crippen LogP contribution >= 0.6 is 0 Å². The zero-order chi connectivity index (χ0) is 17.9. The Kier molecular flexibility index (Phi) is 5.45. The van der Waals surface area contributed by atoms with Gasteiger partial charge in [-0.05, 0) is 42.2 Å². The smallest absolute Gasteiger partial charge is 0.243 e. The zero-order valence-corrected chi connectivity index (χ0v) is 15.7. The number of sulfonamides is 1. The highest BCUT2D eigenvalue weighted by Crippen LogP contribution is 2.24. The van der Waals surface area contributed by atoms with Gasteiger partial charge in [0.15, 0.2) is 0 Å². The summed E-state index contributed by atoms with van der Waals surface area (Å²) < 4.78 is 27.4. The summed E-state index contributed by atoms with van der Waals surface area (Å²) in [7, 11) is -3.41. The Labute approximate surface area is 151 Å². The molecule has 1 aliphatic heterocycles. The van der Waals surface area contributed by atoms with Gasteiger partial charge >= 0.3 is 0 Å². The molecule has 0 bridgehead atoms. The molecule has 0 spiro atoms. The Morgan fingerprint density at radius 2 is 1.52 bits per heavy atom. The fourth-order valence-corrected chi connectivity index (χ4v) is 4.60. The van der Waals surface area contributed by atoms with Gasteiger partial charge in [-0.1, -0.05) is 44.2 Å². The van der Waals surface area contributed by atoms with Gasteiger partial charge in [-0.3, -0.25) is 0 Å². The number of piperazine rings is 1. The summed E-state index contributed by atoms with van der Waals surface area (Å²) in [5.74, 6) is 0.450. The van der Waals surface area contributed by atoms with E-state index in [-0.39, 0.29) is 0 Å². The lowest BCUT2D eigenvalue weighted by Crippen LogP contribution is -2.48. The number of para-hydroxylation sites is 1. The highest BCUT2D eigenvalue weighted by molar-refractivity contribution is 7.89. The van der Waals surface area contributed by atoms with Gasteiger partial charge in [0.2, 0.25) is 10.0 Å². The maximum atomic E-state index is 12.9. The molecular formula is C20H26N2O2S. The van der Waals surface area contributed by atoms with Gasteiger partial charge in [0.1, 0.15) is 0 Å². The van der Waals surface area contributed by atoms with Crippen molar-refractivity contribution in [1.29, 1.82) is 0 Å². The summed E-state index contributed by atoms with van der Waals surface area (Å²) in [5.41, 5.74) is 2.34. The zero-order valence-electron chi connectivity index (χ0n) is 14.9. The first kappa shape index (κ1) is 18.0. The molecular weight excluding hydrogens is 332 g/mol. The van der Waals surface area contributed by atoms with Crippen molar-refractivity contribution in [2.45, 2.75) is 31.1 Å². The molecule has 1 saturated heterocycles. The third-order valence-corrected chi connectivity index (χ3v) is 6.97. The lowest BCUT2D eigenvalue weighted by Gasteiger charge is -2.35. The van der Waals surface area contributed by atoms with Crippen molar-refractivity contribution in [3.8, 4) is 0 Å². The average molecular weight is 359 g/mol. The van der Waals surface area contributed by atoms with E-state index in [2.05, 4.69) is 30.9 Å². The van der Waals surface area contributed by atoms with Crippen LogP contribution in [0.1, 0.15) is 31.7 Å². The molecule has 0 amide bonds. The molecule has 0 saturated carbocycles. The SMILES string of the molecule is CC[C@H](C)c1ccc(S(=O)(=O)N2CCN(c3ccccc3)CC2)cc1. The van der Waals surface area contributed by atoms with Crippen molar-refractivity contribution in [2.24, 2.45) is 0 Å². The lowest BCUT2D eigenvalue weighted by atomic mass is 9.99. The Morgan fingerprint density at radius 1 is 0.920 bits per heavy atom. The molecule has 4 nitrogen and oxygen atoms in total. The van der Waals surface area contributed by atoms with E-state index in [1.807, 2.05) is 30.3 Å². The molecule has 0 aromatic heterocycles.